The molecule has 28 heavy (non-hydrogen) atoms. The van der Waals surface area contributed by atoms with Gasteiger partial charge in [-0.2, -0.15) is 11.3 Å². The van der Waals surface area contributed by atoms with Gasteiger partial charge in [0.2, 0.25) is 11.8 Å². The van der Waals surface area contributed by atoms with Crippen LogP contribution in [0.1, 0.15) is 36.6 Å². The SMILES string of the molecule is O=C(NCCCc1ccccc1)N1CCC(c2nnc(-c3ccsc3)o2)CC1. The lowest BCUT2D eigenvalue weighted by Crippen LogP contribution is -2.44. The Morgan fingerprint density at radius 2 is 2.00 bits per heavy atom. The Morgan fingerprint density at radius 1 is 1.18 bits per heavy atom. The molecule has 6 nitrogen and oxygen atoms in total. The zero-order chi connectivity index (χ0) is 19.2. The maximum Gasteiger partial charge on any atom is 0.317 e. The molecule has 1 aliphatic heterocycles. The van der Waals surface area contributed by atoms with Crippen LogP contribution in [0.5, 0.6) is 0 Å². The summed E-state index contributed by atoms with van der Waals surface area (Å²) < 4.78 is 5.85. The first kappa shape index (κ1) is 18.7. The molecule has 3 aromatic rings. The van der Waals surface area contributed by atoms with Crippen LogP contribution in [-0.4, -0.2) is 40.8 Å². The summed E-state index contributed by atoms with van der Waals surface area (Å²) in [6.45, 7) is 2.12. The number of hydrogen-bond acceptors (Lipinski definition) is 5. The number of piperidine rings is 1. The quantitative estimate of drug-likeness (QED) is 0.630. The summed E-state index contributed by atoms with van der Waals surface area (Å²) >= 11 is 1.61. The van der Waals surface area contributed by atoms with Crippen LogP contribution in [-0.2, 0) is 6.42 Å². The highest BCUT2D eigenvalue weighted by molar-refractivity contribution is 7.08. The Morgan fingerprint density at radius 3 is 2.75 bits per heavy atom. The van der Waals surface area contributed by atoms with Gasteiger partial charge >= 0.3 is 6.03 Å². The minimum absolute atomic E-state index is 0.0241. The van der Waals surface area contributed by atoms with Gasteiger partial charge in [0, 0.05) is 36.5 Å². The maximum absolute atomic E-state index is 12.4. The normalized spacial score (nSPS) is 14.9. The lowest BCUT2D eigenvalue weighted by molar-refractivity contribution is 0.177. The van der Waals surface area contributed by atoms with E-state index < -0.39 is 0 Å². The fourth-order valence-corrected chi connectivity index (χ4v) is 4.11. The molecule has 1 saturated heterocycles. The summed E-state index contributed by atoms with van der Waals surface area (Å²) in [5.41, 5.74) is 2.27. The van der Waals surface area contributed by atoms with Crippen LogP contribution in [0, 0.1) is 0 Å². The molecule has 1 N–H and O–H groups in total. The van der Waals surface area contributed by atoms with E-state index in [0.29, 0.717) is 31.4 Å². The van der Waals surface area contributed by atoms with Gasteiger partial charge in [-0.3, -0.25) is 0 Å². The van der Waals surface area contributed by atoms with Crippen molar-refractivity contribution in [2.45, 2.75) is 31.6 Å². The summed E-state index contributed by atoms with van der Waals surface area (Å²) in [5, 5.41) is 15.4. The summed E-state index contributed by atoms with van der Waals surface area (Å²) in [5.74, 6) is 1.49. The van der Waals surface area contributed by atoms with Crippen molar-refractivity contribution in [3.05, 3.63) is 58.6 Å². The van der Waals surface area contributed by atoms with Crippen LogP contribution in [0.15, 0.2) is 51.6 Å². The number of thiophene rings is 1. The van der Waals surface area contributed by atoms with Gasteiger partial charge in [-0.1, -0.05) is 30.3 Å². The number of aromatic nitrogens is 2. The van der Waals surface area contributed by atoms with Crippen molar-refractivity contribution in [1.82, 2.24) is 20.4 Å². The Balaban J connectivity index is 1.20. The van der Waals surface area contributed by atoms with E-state index in [4.69, 9.17) is 4.42 Å². The number of amides is 2. The Hall–Kier alpha value is -2.67. The molecule has 0 bridgehead atoms. The zero-order valence-electron chi connectivity index (χ0n) is 15.7. The first-order valence-electron chi connectivity index (χ1n) is 9.72. The van der Waals surface area contributed by atoms with E-state index >= 15 is 0 Å². The lowest BCUT2D eigenvalue weighted by atomic mass is 9.97. The number of likely N-dealkylation sites (tertiary alicyclic amines) is 1. The molecule has 0 saturated carbocycles. The molecule has 7 heteroatoms. The summed E-state index contributed by atoms with van der Waals surface area (Å²) in [6, 6.07) is 12.4. The van der Waals surface area contributed by atoms with Crippen molar-refractivity contribution in [1.29, 1.82) is 0 Å². The molecule has 3 heterocycles. The van der Waals surface area contributed by atoms with Crippen molar-refractivity contribution >= 4 is 17.4 Å². The summed E-state index contributed by atoms with van der Waals surface area (Å²) in [6.07, 6.45) is 3.62. The van der Waals surface area contributed by atoms with Crippen LogP contribution < -0.4 is 5.32 Å². The minimum atomic E-state index is 0.0241. The second-order valence-electron chi connectivity index (χ2n) is 7.04. The minimum Gasteiger partial charge on any atom is -0.420 e. The number of benzene rings is 1. The number of rotatable bonds is 6. The number of carbonyl (C=O) groups excluding carboxylic acids is 1. The topological polar surface area (TPSA) is 71.3 Å². The van der Waals surface area contributed by atoms with Gasteiger partial charge in [0.15, 0.2) is 0 Å². The van der Waals surface area contributed by atoms with Gasteiger partial charge in [-0.25, -0.2) is 4.79 Å². The molecule has 2 aromatic heterocycles. The van der Waals surface area contributed by atoms with Gasteiger partial charge in [0.1, 0.15) is 0 Å². The molecule has 0 spiro atoms. The molecule has 146 valence electrons. The summed E-state index contributed by atoms with van der Waals surface area (Å²) in [7, 11) is 0. The highest BCUT2D eigenvalue weighted by Gasteiger charge is 2.27. The maximum atomic E-state index is 12.4. The molecule has 0 unspecified atom stereocenters. The van der Waals surface area contributed by atoms with E-state index in [0.717, 1.165) is 31.2 Å². The fraction of sp³-hybridized carbons (Fsp3) is 0.381. The molecule has 1 aliphatic rings. The zero-order valence-corrected chi connectivity index (χ0v) is 16.5. The van der Waals surface area contributed by atoms with Crippen molar-refractivity contribution in [3.8, 4) is 11.5 Å². The molecule has 1 fully saturated rings. The molecule has 0 radical (unpaired) electrons. The Labute approximate surface area is 168 Å². The molecule has 4 rings (SSSR count). The number of carbonyl (C=O) groups is 1. The molecular weight excluding hydrogens is 372 g/mol. The number of nitrogens with one attached hydrogen (secondary N) is 1. The first-order chi connectivity index (χ1) is 13.8. The molecule has 1 aromatic carbocycles. The summed E-state index contributed by atoms with van der Waals surface area (Å²) in [4.78, 5) is 14.3. The number of nitrogens with zero attached hydrogens (tertiary/aromatic N) is 3. The van der Waals surface area contributed by atoms with Gasteiger partial charge in [-0.05, 0) is 42.7 Å². The second-order valence-corrected chi connectivity index (χ2v) is 7.82. The molecule has 2 amide bonds. The van der Waals surface area contributed by atoms with Crippen LogP contribution in [0.4, 0.5) is 4.79 Å². The van der Waals surface area contributed by atoms with Gasteiger partial charge in [0.25, 0.3) is 0 Å². The van der Waals surface area contributed by atoms with Crippen molar-refractivity contribution in [3.63, 3.8) is 0 Å². The predicted octanol–water partition coefficient (Wildman–Crippen LogP) is 4.32. The van der Waals surface area contributed by atoms with Crippen LogP contribution in [0.25, 0.3) is 11.5 Å². The smallest absolute Gasteiger partial charge is 0.317 e. The van der Waals surface area contributed by atoms with Gasteiger partial charge in [0.05, 0.1) is 0 Å². The Bertz CT molecular complexity index is 871. The molecular formula is C21H24N4O2S. The van der Waals surface area contributed by atoms with Gasteiger partial charge in [-0.15, -0.1) is 10.2 Å². The first-order valence-corrected chi connectivity index (χ1v) is 10.7. The second kappa shape index (κ2) is 9.01. The van der Waals surface area contributed by atoms with E-state index in [9.17, 15) is 4.79 Å². The van der Waals surface area contributed by atoms with Crippen LogP contribution in [0.3, 0.4) is 0 Å². The third-order valence-electron chi connectivity index (χ3n) is 5.10. The average Bonchev–Trinajstić information content (AvgIpc) is 3.44. The van der Waals surface area contributed by atoms with Gasteiger partial charge < -0.3 is 14.6 Å². The predicted molar refractivity (Wildman–Crippen MR) is 109 cm³/mol. The van der Waals surface area contributed by atoms with E-state index in [1.807, 2.05) is 39.9 Å². The highest BCUT2D eigenvalue weighted by Crippen LogP contribution is 2.29. The molecule has 0 aliphatic carbocycles. The van der Waals surface area contributed by atoms with Crippen molar-refractivity contribution in [2.24, 2.45) is 0 Å². The van der Waals surface area contributed by atoms with Crippen LogP contribution in [0.2, 0.25) is 0 Å². The molecule has 0 atom stereocenters. The van der Waals surface area contributed by atoms with E-state index in [1.165, 1.54) is 5.56 Å². The highest BCUT2D eigenvalue weighted by atomic mass is 32.1. The van der Waals surface area contributed by atoms with Crippen molar-refractivity contribution in [2.75, 3.05) is 19.6 Å². The standard InChI is InChI=1S/C21H24N4O2S/c26-21(22-11-4-7-16-5-2-1-3-6-16)25-12-8-17(9-13-25)19-23-24-20(27-19)18-10-14-28-15-18/h1-3,5-6,10,14-15,17H,4,7-9,11-13H2,(H,22,26). The largest absolute Gasteiger partial charge is 0.420 e. The van der Waals surface area contributed by atoms with E-state index in [2.05, 4.69) is 27.6 Å². The lowest BCUT2D eigenvalue weighted by Gasteiger charge is -2.30. The van der Waals surface area contributed by atoms with E-state index in [1.54, 1.807) is 11.3 Å². The monoisotopic (exact) mass is 396 g/mol. The van der Waals surface area contributed by atoms with E-state index in [-0.39, 0.29) is 11.9 Å². The van der Waals surface area contributed by atoms with Crippen molar-refractivity contribution < 1.29 is 9.21 Å². The van der Waals surface area contributed by atoms with Crippen LogP contribution >= 0.6 is 11.3 Å². The number of urea groups is 1. The Kier molecular flexibility index (Phi) is 6.01. The third kappa shape index (κ3) is 4.59. The third-order valence-corrected chi connectivity index (χ3v) is 5.78. The fourth-order valence-electron chi connectivity index (χ4n) is 3.48. The number of aryl methyl sites for hydroxylation is 1. The average molecular weight is 397 g/mol. The number of hydrogen-bond donors (Lipinski definition) is 1.